The number of carbonyl (C=O) groups is 1. The Bertz CT molecular complexity index is 579. The van der Waals surface area contributed by atoms with Crippen LogP contribution in [0.15, 0.2) is 36.5 Å². The maximum Gasteiger partial charge on any atom is 0.339 e. The van der Waals surface area contributed by atoms with E-state index in [2.05, 4.69) is 4.98 Å². The summed E-state index contributed by atoms with van der Waals surface area (Å²) in [5.74, 6) is -1.49. The predicted molar refractivity (Wildman–Crippen MR) is 63.0 cm³/mol. The van der Waals surface area contributed by atoms with E-state index in [1.54, 1.807) is 0 Å². The number of nitrogens with zero attached hydrogens (tertiary/aromatic N) is 1. The van der Waals surface area contributed by atoms with Gasteiger partial charge in [-0.1, -0.05) is 24.3 Å². The zero-order valence-corrected chi connectivity index (χ0v) is 9.21. The Hall–Kier alpha value is -2.36. The molecule has 0 bridgehead atoms. The fourth-order valence-electron chi connectivity index (χ4n) is 1.63. The normalized spacial score (nSPS) is 10.2. The van der Waals surface area contributed by atoms with Crippen LogP contribution in [0, 0.1) is 6.92 Å². The Morgan fingerprint density at radius 1 is 1.29 bits per heavy atom. The van der Waals surface area contributed by atoms with E-state index in [0.717, 1.165) is 17.3 Å². The fourth-order valence-corrected chi connectivity index (χ4v) is 1.63. The molecule has 2 rings (SSSR count). The zero-order chi connectivity index (χ0) is 12.4. The van der Waals surface area contributed by atoms with Crippen LogP contribution in [0.3, 0.4) is 0 Å². The van der Waals surface area contributed by atoms with Crippen LogP contribution in [0.1, 0.15) is 15.9 Å². The SMILES string of the molecule is Cc1ccccc1-c1cc(C(=O)O)c(O)cn1. The highest BCUT2D eigenvalue weighted by molar-refractivity contribution is 5.92. The average Bonchev–Trinajstić information content (AvgIpc) is 2.30. The summed E-state index contributed by atoms with van der Waals surface area (Å²) < 4.78 is 0. The summed E-state index contributed by atoms with van der Waals surface area (Å²) in [6.45, 7) is 1.92. The van der Waals surface area contributed by atoms with Crippen LogP contribution in [-0.4, -0.2) is 21.2 Å². The van der Waals surface area contributed by atoms with E-state index in [4.69, 9.17) is 5.11 Å². The topological polar surface area (TPSA) is 70.4 Å². The van der Waals surface area contributed by atoms with E-state index in [9.17, 15) is 9.90 Å². The first-order valence-electron chi connectivity index (χ1n) is 5.08. The van der Waals surface area contributed by atoms with Crippen molar-refractivity contribution in [3.8, 4) is 17.0 Å². The van der Waals surface area contributed by atoms with Gasteiger partial charge in [0.25, 0.3) is 0 Å². The van der Waals surface area contributed by atoms with E-state index in [1.165, 1.54) is 6.07 Å². The minimum Gasteiger partial charge on any atom is -0.505 e. The van der Waals surface area contributed by atoms with Crippen molar-refractivity contribution in [3.05, 3.63) is 47.7 Å². The first-order valence-corrected chi connectivity index (χ1v) is 5.08. The van der Waals surface area contributed by atoms with E-state index in [1.807, 2.05) is 31.2 Å². The molecule has 17 heavy (non-hydrogen) atoms. The summed E-state index contributed by atoms with van der Waals surface area (Å²) in [4.78, 5) is 14.9. The summed E-state index contributed by atoms with van der Waals surface area (Å²) in [5, 5.41) is 18.3. The van der Waals surface area contributed by atoms with Crippen molar-refractivity contribution in [2.24, 2.45) is 0 Å². The second-order valence-electron chi connectivity index (χ2n) is 3.71. The third-order valence-electron chi connectivity index (χ3n) is 2.53. The minimum absolute atomic E-state index is 0.141. The number of pyridine rings is 1. The predicted octanol–water partition coefficient (Wildman–Crippen LogP) is 2.46. The lowest BCUT2D eigenvalue weighted by Gasteiger charge is -2.06. The van der Waals surface area contributed by atoms with Crippen molar-refractivity contribution >= 4 is 5.97 Å². The van der Waals surface area contributed by atoms with Gasteiger partial charge in [0.15, 0.2) is 0 Å². The van der Waals surface area contributed by atoms with Gasteiger partial charge in [-0.2, -0.15) is 0 Å². The largest absolute Gasteiger partial charge is 0.505 e. The molecule has 1 aromatic carbocycles. The molecule has 0 fully saturated rings. The van der Waals surface area contributed by atoms with E-state index >= 15 is 0 Å². The van der Waals surface area contributed by atoms with Gasteiger partial charge in [0.05, 0.1) is 11.9 Å². The van der Waals surface area contributed by atoms with E-state index < -0.39 is 5.97 Å². The smallest absolute Gasteiger partial charge is 0.339 e. The number of hydrogen-bond acceptors (Lipinski definition) is 3. The zero-order valence-electron chi connectivity index (χ0n) is 9.21. The van der Waals surface area contributed by atoms with Crippen LogP contribution >= 0.6 is 0 Å². The number of hydrogen-bond donors (Lipinski definition) is 2. The fraction of sp³-hybridized carbons (Fsp3) is 0.0769. The molecule has 0 amide bonds. The highest BCUT2D eigenvalue weighted by atomic mass is 16.4. The Morgan fingerprint density at radius 3 is 2.65 bits per heavy atom. The number of rotatable bonds is 2. The van der Waals surface area contributed by atoms with Crippen molar-refractivity contribution < 1.29 is 15.0 Å². The third kappa shape index (κ3) is 2.10. The van der Waals surface area contributed by atoms with Crippen molar-refractivity contribution in [3.63, 3.8) is 0 Å². The molecule has 86 valence electrons. The number of benzene rings is 1. The van der Waals surface area contributed by atoms with Crippen molar-refractivity contribution in [1.82, 2.24) is 4.98 Å². The number of aromatic hydroxyl groups is 1. The molecule has 2 aromatic rings. The molecule has 0 aliphatic carbocycles. The molecule has 1 aromatic heterocycles. The molecule has 4 nitrogen and oxygen atoms in total. The summed E-state index contributed by atoms with van der Waals surface area (Å²) >= 11 is 0. The number of aryl methyl sites for hydroxylation is 1. The van der Waals surface area contributed by atoms with Gasteiger partial charge in [0, 0.05) is 5.56 Å². The molecule has 1 heterocycles. The first kappa shape index (κ1) is 11.1. The lowest BCUT2D eigenvalue weighted by Crippen LogP contribution is -1.99. The number of aromatic nitrogens is 1. The van der Waals surface area contributed by atoms with Gasteiger partial charge < -0.3 is 10.2 Å². The van der Waals surface area contributed by atoms with Crippen LogP contribution in [0.4, 0.5) is 0 Å². The Labute approximate surface area is 98.2 Å². The average molecular weight is 229 g/mol. The molecule has 0 aliphatic rings. The molecule has 0 saturated heterocycles. The number of carboxylic acids is 1. The Kier molecular flexibility index (Phi) is 2.78. The van der Waals surface area contributed by atoms with Crippen LogP contribution in [0.5, 0.6) is 5.75 Å². The van der Waals surface area contributed by atoms with E-state index in [0.29, 0.717) is 5.69 Å². The van der Waals surface area contributed by atoms with E-state index in [-0.39, 0.29) is 11.3 Å². The van der Waals surface area contributed by atoms with Gasteiger partial charge in [-0.15, -0.1) is 0 Å². The molecule has 0 radical (unpaired) electrons. The highest BCUT2D eigenvalue weighted by Gasteiger charge is 2.12. The third-order valence-corrected chi connectivity index (χ3v) is 2.53. The van der Waals surface area contributed by atoms with Crippen molar-refractivity contribution in [2.45, 2.75) is 6.92 Å². The van der Waals surface area contributed by atoms with Crippen molar-refractivity contribution in [2.75, 3.05) is 0 Å². The molecule has 2 N–H and O–H groups in total. The molecule has 4 heteroatoms. The number of carboxylic acid groups (broad SMARTS) is 1. The van der Waals surface area contributed by atoms with Crippen LogP contribution in [-0.2, 0) is 0 Å². The van der Waals surface area contributed by atoms with Gasteiger partial charge in [-0.3, -0.25) is 4.98 Å². The molecular weight excluding hydrogens is 218 g/mol. The van der Waals surface area contributed by atoms with Gasteiger partial charge >= 0.3 is 5.97 Å². The molecule has 0 saturated carbocycles. The molecule has 0 unspecified atom stereocenters. The van der Waals surface area contributed by atoms with Crippen molar-refractivity contribution in [1.29, 1.82) is 0 Å². The van der Waals surface area contributed by atoms with Gasteiger partial charge in [0.2, 0.25) is 0 Å². The highest BCUT2D eigenvalue weighted by Crippen LogP contribution is 2.25. The molecule has 0 spiro atoms. The lowest BCUT2D eigenvalue weighted by atomic mass is 10.0. The van der Waals surface area contributed by atoms with Gasteiger partial charge in [-0.25, -0.2) is 4.79 Å². The summed E-state index contributed by atoms with van der Waals surface area (Å²) in [6.07, 6.45) is 1.16. The second kappa shape index (κ2) is 4.25. The minimum atomic E-state index is -1.17. The van der Waals surface area contributed by atoms with Crippen LogP contribution in [0.25, 0.3) is 11.3 Å². The summed E-state index contributed by atoms with van der Waals surface area (Å²) in [6, 6.07) is 8.92. The van der Waals surface area contributed by atoms with Crippen LogP contribution < -0.4 is 0 Å². The Balaban J connectivity index is 2.58. The summed E-state index contributed by atoms with van der Waals surface area (Å²) in [5.41, 5.74) is 2.26. The first-order chi connectivity index (χ1) is 8.09. The maximum absolute atomic E-state index is 10.9. The van der Waals surface area contributed by atoms with Crippen LogP contribution in [0.2, 0.25) is 0 Å². The standard InChI is InChI=1S/C13H11NO3/c1-8-4-2-3-5-9(8)11-6-10(13(16)17)12(15)7-14-11/h2-7,15H,1H3,(H,16,17). The molecule has 0 atom stereocenters. The van der Waals surface area contributed by atoms with Gasteiger partial charge in [-0.05, 0) is 18.6 Å². The Morgan fingerprint density at radius 2 is 2.00 bits per heavy atom. The maximum atomic E-state index is 10.9. The monoisotopic (exact) mass is 229 g/mol. The summed E-state index contributed by atoms with van der Waals surface area (Å²) in [7, 11) is 0. The quantitative estimate of drug-likeness (QED) is 0.829. The molecule has 0 aliphatic heterocycles. The number of aromatic carboxylic acids is 1. The second-order valence-corrected chi connectivity index (χ2v) is 3.71. The molecular formula is C13H11NO3. The lowest BCUT2D eigenvalue weighted by molar-refractivity contribution is 0.0693. The van der Waals surface area contributed by atoms with Gasteiger partial charge in [0.1, 0.15) is 11.3 Å².